The number of ketones is 1. The lowest BCUT2D eigenvalue weighted by Gasteiger charge is -2.32. The Morgan fingerprint density at radius 1 is 1.11 bits per heavy atom. The summed E-state index contributed by atoms with van der Waals surface area (Å²) in [5, 5.41) is 10.6. The third-order valence-corrected chi connectivity index (χ3v) is 5.75. The lowest BCUT2D eigenvalue weighted by atomic mass is 9.93. The first-order valence-corrected chi connectivity index (χ1v) is 9.89. The van der Waals surface area contributed by atoms with Crippen LogP contribution in [0.3, 0.4) is 0 Å². The molecular weight excluding hydrogens is 352 g/mol. The van der Waals surface area contributed by atoms with Crippen LogP contribution in [0.15, 0.2) is 66.2 Å². The molecule has 5 nitrogen and oxygen atoms in total. The Morgan fingerprint density at radius 3 is 2.54 bits per heavy atom. The number of aromatic nitrogens is 1. The number of rotatable bonds is 6. The van der Waals surface area contributed by atoms with E-state index in [-0.39, 0.29) is 29.6 Å². The van der Waals surface area contributed by atoms with Crippen molar-refractivity contribution in [3.63, 3.8) is 0 Å². The fourth-order valence-electron chi connectivity index (χ4n) is 4.37. The Kier molecular flexibility index (Phi) is 5.24. The number of Topliss-reactive ketones (excluding diaryl/α,β-unsaturated/α-hetero) is 1. The normalized spacial score (nSPS) is 20.2. The van der Waals surface area contributed by atoms with Crippen LogP contribution in [0.1, 0.15) is 49.3 Å². The van der Waals surface area contributed by atoms with E-state index in [1.54, 1.807) is 23.4 Å². The predicted octanol–water partition coefficient (Wildman–Crippen LogP) is 3.92. The summed E-state index contributed by atoms with van der Waals surface area (Å²) in [6.07, 6.45) is 8.12. The number of benzene rings is 1. The molecule has 0 radical (unpaired) electrons. The van der Waals surface area contributed by atoms with Gasteiger partial charge >= 0.3 is 0 Å². The second-order valence-electron chi connectivity index (χ2n) is 7.51. The molecule has 1 aromatic heterocycles. The lowest BCUT2D eigenvalue weighted by Crippen LogP contribution is -2.38. The van der Waals surface area contributed by atoms with Gasteiger partial charge in [-0.2, -0.15) is 0 Å². The van der Waals surface area contributed by atoms with Crippen LogP contribution in [0.2, 0.25) is 0 Å². The van der Waals surface area contributed by atoms with Crippen LogP contribution in [0.4, 0.5) is 0 Å². The molecule has 1 atom stereocenters. The topological polar surface area (TPSA) is 70.5 Å². The van der Waals surface area contributed by atoms with Crippen molar-refractivity contribution in [2.75, 3.05) is 0 Å². The molecule has 2 aromatic rings. The van der Waals surface area contributed by atoms with Crippen molar-refractivity contribution in [1.29, 1.82) is 0 Å². The standard InChI is InChI=1S/C23H24N2O3/c26-19(13-12-16-7-2-1-3-8-16)20-21(17-9-6-14-24-15-17)25(23(28)22(20)27)18-10-4-5-11-18/h1-3,6-9,14-15,18,21,27H,4-5,10-13H2. The van der Waals surface area contributed by atoms with Gasteiger partial charge in [-0.15, -0.1) is 0 Å². The SMILES string of the molecule is O=C(CCc1ccccc1)C1=C(O)C(=O)N(C2CCCC2)C1c1cccnc1. The largest absolute Gasteiger partial charge is 0.503 e. The van der Waals surface area contributed by atoms with E-state index in [0.717, 1.165) is 36.8 Å². The second kappa shape index (κ2) is 7.97. The van der Waals surface area contributed by atoms with Gasteiger partial charge in [0.1, 0.15) is 0 Å². The number of carbonyl (C=O) groups excluding carboxylic acids is 2. The Balaban J connectivity index is 1.64. The first kappa shape index (κ1) is 18.4. The summed E-state index contributed by atoms with van der Waals surface area (Å²) in [5.74, 6) is -0.994. The van der Waals surface area contributed by atoms with Gasteiger partial charge in [-0.05, 0) is 36.5 Å². The van der Waals surface area contributed by atoms with Crippen LogP contribution in [0.25, 0.3) is 0 Å². The highest BCUT2D eigenvalue weighted by atomic mass is 16.3. The third-order valence-electron chi connectivity index (χ3n) is 5.75. The van der Waals surface area contributed by atoms with Crippen molar-refractivity contribution in [1.82, 2.24) is 9.88 Å². The Morgan fingerprint density at radius 2 is 1.86 bits per heavy atom. The molecule has 144 valence electrons. The van der Waals surface area contributed by atoms with Gasteiger partial charge in [0, 0.05) is 24.9 Å². The van der Waals surface area contributed by atoms with Gasteiger partial charge in [-0.3, -0.25) is 14.6 Å². The summed E-state index contributed by atoms with van der Waals surface area (Å²) in [5.41, 5.74) is 2.06. The van der Waals surface area contributed by atoms with Crippen LogP contribution >= 0.6 is 0 Å². The molecular formula is C23H24N2O3. The number of nitrogens with zero attached hydrogens (tertiary/aromatic N) is 2. The predicted molar refractivity (Wildman–Crippen MR) is 106 cm³/mol. The molecule has 1 saturated carbocycles. The number of hydrogen-bond acceptors (Lipinski definition) is 4. The van der Waals surface area contributed by atoms with E-state index in [0.29, 0.717) is 6.42 Å². The van der Waals surface area contributed by atoms with Gasteiger partial charge in [-0.25, -0.2) is 0 Å². The van der Waals surface area contributed by atoms with Crippen molar-refractivity contribution in [2.45, 2.75) is 50.6 Å². The number of aliphatic hydroxyl groups is 1. The summed E-state index contributed by atoms with van der Waals surface area (Å²) in [7, 11) is 0. The number of amides is 1. The number of pyridine rings is 1. The molecule has 4 rings (SSSR count). The molecule has 2 aliphatic rings. The van der Waals surface area contributed by atoms with Gasteiger partial charge in [0.25, 0.3) is 5.91 Å². The van der Waals surface area contributed by atoms with E-state index >= 15 is 0 Å². The molecule has 0 bridgehead atoms. The van der Waals surface area contributed by atoms with Crippen LogP contribution in [-0.2, 0) is 16.0 Å². The molecule has 1 fully saturated rings. The van der Waals surface area contributed by atoms with Gasteiger partial charge in [0.15, 0.2) is 11.5 Å². The summed E-state index contributed by atoms with van der Waals surface area (Å²) >= 11 is 0. The molecule has 1 aliphatic carbocycles. The van der Waals surface area contributed by atoms with Crippen molar-refractivity contribution < 1.29 is 14.7 Å². The van der Waals surface area contributed by atoms with Crippen molar-refractivity contribution in [2.24, 2.45) is 0 Å². The van der Waals surface area contributed by atoms with Gasteiger partial charge in [0.05, 0.1) is 11.6 Å². The van der Waals surface area contributed by atoms with Gasteiger partial charge in [-0.1, -0.05) is 49.2 Å². The average molecular weight is 376 g/mol. The summed E-state index contributed by atoms with van der Waals surface area (Å²) in [6.45, 7) is 0. The first-order chi connectivity index (χ1) is 13.7. The second-order valence-corrected chi connectivity index (χ2v) is 7.51. The minimum atomic E-state index is -0.549. The number of aryl methyl sites for hydroxylation is 1. The van der Waals surface area contributed by atoms with Crippen LogP contribution in [-0.4, -0.2) is 32.7 Å². The zero-order valence-electron chi connectivity index (χ0n) is 15.8. The summed E-state index contributed by atoms with van der Waals surface area (Å²) in [6, 6.07) is 12.9. The molecule has 28 heavy (non-hydrogen) atoms. The lowest BCUT2D eigenvalue weighted by molar-refractivity contribution is -0.131. The fourth-order valence-corrected chi connectivity index (χ4v) is 4.37. The van der Waals surface area contributed by atoms with E-state index in [2.05, 4.69) is 4.98 Å². The fraction of sp³-hybridized carbons (Fsp3) is 0.348. The van der Waals surface area contributed by atoms with E-state index in [9.17, 15) is 14.7 Å². The minimum absolute atomic E-state index is 0.0549. The van der Waals surface area contributed by atoms with Gasteiger partial charge in [0.2, 0.25) is 0 Å². The van der Waals surface area contributed by atoms with Crippen molar-refractivity contribution in [3.05, 3.63) is 77.3 Å². The zero-order chi connectivity index (χ0) is 19.5. The molecule has 2 heterocycles. The highest BCUT2D eigenvalue weighted by Crippen LogP contribution is 2.42. The highest BCUT2D eigenvalue weighted by Gasteiger charge is 2.46. The van der Waals surface area contributed by atoms with Gasteiger partial charge < -0.3 is 10.0 Å². The first-order valence-electron chi connectivity index (χ1n) is 9.89. The maximum atomic E-state index is 13.1. The van der Waals surface area contributed by atoms with E-state index < -0.39 is 11.9 Å². The molecule has 5 heteroatoms. The van der Waals surface area contributed by atoms with Crippen molar-refractivity contribution in [3.8, 4) is 0 Å². The number of carbonyl (C=O) groups is 2. The maximum absolute atomic E-state index is 13.1. The summed E-state index contributed by atoms with van der Waals surface area (Å²) in [4.78, 5) is 31.9. The molecule has 1 aliphatic heterocycles. The monoisotopic (exact) mass is 376 g/mol. The van der Waals surface area contributed by atoms with Crippen LogP contribution in [0.5, 0.6) is 0 Å². The van der Waals surface area contributed by atoms with E-state index in [4.69, 9.17) is 0 Å². The molecule has 1 aromatic carbocycles. The number of aliphatic hydroxyl groups excluding tert-OH is 1. The molecule has 1 N–H and O–H groups in total. The smallest absolute Gasteiger partial charge is 0.290 e. The Labute approximate surface area is 164 Å². The third kappa shape index (κ3) is 3.44. The van der Waals surface area contributed by atoms with E-state index in [1.807, 2.05) is 36.4 Å². The molecule has 1 unspecified atom stereocenters. The summed E-state index contributed by atoms with van der Waals surface area (Å²) < 4.78 is 0. The molecule has 1 amide bonds. The Hall–Kier alpha value is -2.95. The average Bonchev–Trinajstić information content (AvgIpc) is 3.35. The Bertz CT molecular complexity index is 887. The van der Waals surface area contributed by atoms with Crippen LogP contribution in [0, 0.1) is 0 Å². The number of hydrogen-bond donors (Lipinski definition) is 1. The van der Waals surface area contributed by atoms with Crippen LogP contribution < -0.4 is 0 Å². The zero-order valence-corrected chi connectivity index (χ0v) is 15.8. The maximum Gasteiger partial charge on any atom is 0.290 e. The highest BCUT2D eigenvalue weighted by molar-refractivity contribution is 6.09. The quantitative estimate of drug-likeness (QED) is 0.829. The van der Waals surface area contributed by atoms with Crippen molar-refractivity contribution >= 4 is 11.7 Å². The van der Waals surface area contributed by atoms with E-state index in [1.165, 1.54) is 0 Å². The molecule has 0 spiro atoms. The molecule has 0 saturated heterocycles. The minimum Gasteiger partial charge on any atom is -0.503 e.